The number of nitriles is 1. The summed E-state index contributed by atoms with van der Waals surface area (Å²) in [5.41, 5.74) is 2.98. The summed E-state index contributed by atoms with van der Waals surface area (Å²) in [6.07, 6.45) is 9.50. The fraction of sp³-hybridized carbons (Fsp3) is 0.212. The van der Waals surface area contributed by atoms with Crippen molar-refractivity contribution in [1.82, 2.24) is 34.4 Å². The molecule has 1 aliphatic carbocycles. The van der Waals surface area contributed by atoms with Gasteiger partial charge in [-0.1, -0.05) is 17.3 Å². The smallest absolute Gasteiger partial charge is 0.335 e. The number of rotatable bonds is 10. The lowest BCUT2D eigenvalue weighted by Crippen LogP contribution is -2.32. The van der Waals surface area contributed by atoms with E-state index in [1.54, 1.807) is 53.7 Å². The Bertz CT molecular complexity index is 2060. The first-order valence-corrected chi connectivity index (χ1v) is 14.5. The lowest BCUT2D eigenvalue weighted by atomic mass is 10.1. The van der Waals surface area contributed by atoms with Crippen molar-refractivity contribution in [1.29, 1.82) is 5.26 Å². The molecule has 0 bridgehead atoms. The molecule has 7 rings (SSSR count). The van der Waals surface area contributed by atoms with Gasteiger partial charge in [-0.05, 0) is 61.4 Å². The zero-order chi connectivity index (χ0) is 31.8. The Morgan fingerprint density at radius 2 is 2.02 bits per heavy atom. The van der Waals surface area contributed by atoms with Crippen LogP contribution in [0.5, 0.6) is 5.88 Å². The van der Waals surface area contributed by atoms with Crippen LogP contribution in [0.25, 0.3) is 16.6 Å². The predicted molar refractivity (Wildman–Crippen MR) is 162 cm³/mol. The van der Waals surface area contributed by atoms with Crippen LogP contribution in [-0.4, -0.2) is 56.8 Å². The minimum absolute atomic E-state index is 0.0631. The number of hydrogen-bond donors (Lipinski definition) is 2. The monoisotopic (exact) mass is 618 g/mol. The Kier molecular flexibility index (Phi) is 7.26. The van der Waals surface area contributed by atoms with Crippen molar-refractivity contribution in [2.75, 3.05) is 0 Å². The highest BCUT2D eigenvalue weighted by Gasteiger charge is 2.46. The number of carboxylic acids is 1. The van der Waals surface area contributed by atoms with E-state index in [0.717, 1.165) is 18.9 Å². The highest BCUT2D eigenvalue weighted by molar-refractivity contribution is 5.92. The second-order valence-electron chi connectivity index (χ2n) is 11.3. The number of aliphatic hydroxyl groups excluding tert-OH is 1. The van der Waals surface area contributed by atoms with Gasteiger partial charge in [0.15, 0.2) is 0 Å². The van der Waals surface area contributed by atoms with Gasteiger partial charge in [0.25, 0.3) is 0 Å². The number of ether oxygens (including phenoxy) is 1. The molecule has 46 heavy (non-hydrogen) atoms. The summed E-state index contributed by atoms with van der Waals surface area (Å²) in [6.45, 7) is 0.703. The molecule has 2 aromatic carbocycles. The molecular weight excluding hydrogens is 591 g/mol. The van der Waals surface area contributed by atoms with E-state index < -0.39 is 18.0 Å². The van der Waals surface area contributed by atoms with Crippen molar-refractivity contribution in [2.45, 2.75) is 44.3 Å². The summed E-state index contributed by atoms with van der Waals surface area (Å²) in [5.74, 6) is -0.612. The number of imidazole rings is 1. The van der Waals surface area contributed by atoms with Crippen molar-refractivity contribution >= 4 is 22.6 Å². The molecule has 0 amide bonds. The third kappa shape index (κ3) is 5.57. The van der Waals surface area contributed by atoms with Gasteiger partial charge in [0, 0.05) is 36.1 Å². The summed E-state index contributed by atoms with van der Waals surface area (Å²) >= 11 is 0. The highest BCUT2D eigenvalue weighted by atomic mass is 19.1. The lowest BCUT2D eigenvalue weighted by Gasteiger charge is -2.28. The van der Waals surface area contributed by atoms with Gasteiger partial charge in [-0.3, -0.25) is 0 Å². The van der Waals surface area contributed by atoms with E-state index >= 15 is 0 Å². The Morgan fingerprint density at radius 3 is 2.74 bits per heavy atom. The van der Waals surface area contributed by atoms with Gasteiger partial charge in [-0.2, -0.15) is 5.26 Å². The number of aliphatic hydroxyl groups is 1. The van der Waals surface area contributed by atoms with Gasteiger partial charge >= 0.3 is 5.97 Å². The minimum Gasteiger partial charge on any atom is -0.478 e. The SMILES string of the molecule is N#Cc1ccc(COc2cccc(C3=CC(O)N(Cc4nc5ccc(C(=O)O)cc5n4CC4(n5ccnn5)CC4)C=C3)n2)c(F)c1. The van der Waals surface area contributed by atoms with Crippen molar-refractivity contribution < 1.29 is 24.1 Å². The van der Waals surface area contributed by atoms with Crippen LogP contribution in [0.15, 0.2) is 85.3 Å². The fourth-order valence-electron chi connectivity index (χ4n) is 5.56. The summed E-state index contributed by atoms with van der Waals surface area (Å²) in [7, 11) is 0. The second kappa shape index (κ2) is 11.6. The minimum atomic E-state index is -1.02. The van der Waals surface area contributed by atoms with Gasteiger partial charge in [0.1, 0.15) is 24.5 Å². The maximum atomic E-state index is 14.3. The molecule has 1 aliphatic heterocycles. The van der Waals surface area contributed by atoms with Gasteiger partial charge in [-0.15, -0.1) is 5.10 Å². The van der Waals surface area contributed by atoms with E-state index in [-0.39, 0.29) is 35.7 Å². The zero-order valence-electron chi connectivity index (χ0n) is 24.4. The largest absolute Gasteiger partial charge is 0.478 e. The van der Waals surface area contributed by atoms with E-state index in [2.05, 4.69) is 15.3 Å². The van der Waals surface area contributed by atoms with E-state index in [4.69, 9.17) is 15.0 Å². The number of nitrogens with zero attached hydrogens (tertiary/aromatic N) is 8. The quantitative estimate of drug-likeness (QED) is 0.232. The van der Waals surface area contributed by atoms with Crippen molar-refractivity contribution in [3.8, 4) is 11.9 Å². The van der Waals surface area contributed by atoms with Gasteiger partial charge in [0.2, 0.25) is 5.88 Å². The number of hydrogen-bond acceptors (Lipinski definition) is 9. The number of halogens is 1. The number of carbonyl (C=O) groups is 1. The van der Waals surface area contributed by atoms with Crippen LogP contribution in [0.4, 0.5) is 4.39 Å². The van der Waals surface area contributed by atoms with Crippen LogP contribution in [0.3, 0.4) is 0 Å². The van der Waals surface area contributed by atoms with E-state index in [1.807, 2.05) is 27.6 Å². The van der Waals surface area contributed by atoms with E-state index in [9.17, 15) is 19.4 Å². The fourth-order valence-corrected chi connectivity index (χ4v) is 5.56. The molecule has 2 aliphatic rings. The first kappa shape index (κ1) is 28.9. The van der Waals surface area contributed by atoms with Crippen LogP contribution in [0, 0.1) is 17.1 Å². The van der Waals surface area contributed by atoms with Crippen LogP contribution < -0.4 is 4.74 Å². The molecule has 230 valence electrons. The van der Waals surface area contributed by atoms with Gasteiger partial charge in [-0.25, -0.2) is 23.8 Å². The number of benzene rings is 2. The third-order valence-corrected chi connectivity index (χ3v) is 8.28. The molecule has 1 unspecified atom stereocenters. The Morgan fingerprint density at radius 1 is 1.15 bits per heavy atom. The number of fused-ring (bicyclic) bond motifs is 1. The zero-order valence-corrected chi connectivity index (χ0v) is 24.4. The molecule has 5 aromatic rings. The Balaban J connectivity index is 1.10. The van der Waals surface area contributed by atoms with Crippen LogP contribution >= 0.6 is 0 Å². The summed E-state index contributed by atoms with van der Waals surface area (Å²) in [4.78, 5) is 22.9. The third-order valence-electron chi connectivity index (χ3n) is 8.28. The molecule has 0 spiro atoms. The number of aromatic carboxylic acids is 1. The Labute approximate surface area is 261 Å². The normalized spacial score (nSPS) is 16.7. The molecule has 0 saturated heterocycles. The second-order valence-corrected chi connectivity index (χ2v) is 11.3. The molecule has 12 nitrogen and oxygen atoms in total. The molecule has 2 N–H and O–H groups in total. The molecule has 13 heteroatoms. The maximum Gasteiger partial charge on any atom is 0.335 e. The maximum absolute atomic E-state index is 14.3. The van der Waals surface area contributed by atoms with E-state index in [1.165, 1.54) is 18.2 Å². The molecule has 1 fully saturated rings. The summed E-state index contributed by atoms with van der Waals surface area (Å²) < 4.78 is 23.9. The number of allylic oxidation sites excluding steroid dienone is 2. The molecule has 3 aromatic heterocycles. The standard InChI is InChI=1S/C33H27FN8O4/c34-25-14-21(17-35)4-5-24(25)19-46-30-3-1-2-26(38-30)22-8-12-40(31(43)16-22)18-29-37-27-7-6-23(32(44)45)15-28(27)41(29)20-33(9-10-33)42-13-11-36-39-42/h1-8,11-16,31,43H,9-10,18-20H2,(H,44,45). The van der Waals surface area contributed by atoms with Crippen molar-refractivity contribution in [3.63, 3.8) is 0 Å². The highest BCUT2D eigenvalue weighted by Crippen LogP contribution is 2.45. The molecule has 0 radical (unpaired) electrons. The van der Waals surface area contributed by atoms with E-state index in [0.29, 0.717) is 40.2 Å². The van der Waals surface area contributed by atoms with Crippen LogP contribution in [0.1, 0.15) is 45.8 Å². The number of carboxylic acid groups (broad SMARTS) is 1. The first-order chi connectivity index (χ1) is 22.3. The summed E-state index contributed by atoms with van der Waals surface area (Å²) in [6, 6.07) is 16.2. The topological polar surface area (TPSA) is 155 Å². The Hall–Kier alpha value is -5.87. The lowest BCUT2D eigenvalue weighted by molar-refractivity contribution is 0.0695. The van der Waals surface area contributed by atoms with Crippen molar-refractivity contribution in [3.05, 3.63) is 119 Å². The summed E-state index contributed by atoms with van der Waals surface area (Å²) in [5, 5.41) is 37.9. The van der Waals surface area contributed by atoms with Crippen LogP contribution in [0.2, 0.25) is 0 Å². The molecule has 1 atom stereocenters. The molecule has 1 saturated carbocycles. The number of pyridine rings is 1. The van der Waals surface area contributed by atoms with Crippen LogP contribution in [-0.2, 0) is 25.2 Å². The molecular formula is C33H27FN8O4. The van der Waals surface area contributed by atoms with Crippen molar-refractivity contribution in [2.24, 2.45) is 0 Å². The first-order valence-electron chi connectivity index (χ1n) is 14.5. The van der Waals surface area contributed by atoms with Gasteiger partial charge in [0.05, 0.1) is 52.2 Å². The average Bonchev–Trinajstić information content (AvgIpc) is 3.46. The number of aromatic nitrogens is 6. The molecule has 4 heterocycles. The predicted octanol–water partition coefficient (Wildman–Crippen LogP) is 4.23. The average molecular weight is 619 g/mol. The van der Waals surface area contributed by atoms with Gasteiger partial charge < -0.3 is 24.4 Å².